The van der Waals surface area contributed by atoms with E-state index in [1.165, 1.54) is 6.92 Å². The Morgan fingerprint density at radius 2 is 2.11 bits per heavy atom. The second-order valence-corrected chi connectivity index (χ2v) is 6.31. The average Bonchev–Trinajstić information content (AvgIpc) is 2.60. The summed E-state index contributed by atoms with van der Waals surface area (Å²) in [6.45, 7) is 1.47. The highest BCUT2D eigenvalue weighted by Crippen LogP contribution is 2.21. The summed E-state index contributed by atoms with van der Waals surface area (Å²) in [6.07, 6.45) is 0.155. The molecule has 0 aliphatic carbocycles. The molecule has 0 radical (unpaired) electrons. The molecule has 0 aliphatic rings. The Hall–Kier alpha value is -2.93. The van der Waals surface area contributed by atoms with E-state index in [0.717, 1.165) is 0 Å². The van der Waals surface area contributed by atoms with Gasteiger partial charge in [0.15, 0.2) is 11.8 Å². The Kier molecular flexibility index (Phi) is 7.31. The maximum atomic E-state index is 12.4. The van der Waals surface area contributed by atoms with E-state index in [0.29, 0.717) is 17.1 Å². The number of nitriles is 1. The first-order valence-corrected chi connectivity index (χ1v) is 8.71. The molecule has 0 fully saturated rings. The third-order valence-corrected chi connectivity index (χ3v) is 4.04. The highest BCUT2D eigenvalue weighted by molar-refractivity contribution is 7.99. The Labute approximate surface area is 157 Å². The molecule has 2 aromatic rings. The first kappa shape index (κ1) is 20.4. The number of ether oxygens (including phenoxy) is 1. The van der Waals surface area contributed by atoms with Crippen LogP contribution in [0.3, 0.4) is 0 Å². The molecule has 2 rings (SSSR count). The number of carbonyl (C=O) groups excluding carboxylic acids is 1. The van der Waals surface area contributed by atoms with Crippen LogP contribution in [0.5, 0.6) is 5.75 Å². The van der Waals surface area contributed by atoms with Crippen molar-refractivity contribution in [2.45, 2.75) is 30.7 Å². The van der Waals surface area contributed by atoms with Crippen molar-refractivity contribution >= 4 is 23.4 Å². The fourth-order valence-electron chi connectivity index (χ4n) is 2.23. The Morgan fingerprint density at radius 3 is 2.70 bits per heavy atom. The number of hydrogen-bond acceptors (Lipinski definition) is 6. The zero-order valence-electron chi connectivity index (χ0n) is 14.3. The topological polar surface area (TPSA) is 108 Å². The largest absolute Gasteiger partial charge is 0.479 e. The van der Waals surface area contributed by atoms with Crippen molar-refractivity contribution in [1.29, 1.82) is 5.26 Å². The van der Waals surface area contributed by atoms with Gasteiger partial charge in [-0.15, -0.1) is 0 Å². The quantitative estimate of drug-likeness (QED) is 0.527. The highest BCUT2D eigenvalue weighted by Gasteiger charge is 2.14. The molecule has 7 nitrogen and oxygen atoms in total. The van der Waals surface area contributed by atoms with Crippen LogP contribution < -0.4 is 15.6 Å². The number of alkyl halides is 2. The summed E-state index contributed by atoms with van der Waals surface area (Å²) in [7, 11) is 0. The lowest BCUT2D eigenvalue weighted by atomic mass is 10.1. The summed E-state index contributed by atoms with van der Waals surface area (Å²) in [5, 5.41) is 11.0. The van der Waals surface area contributed by atoms with Gasteiger partial charge < -0.3 is 15.0 Å². The van der Waals surface area contributed by atoms with Crippen molar-refractivity contribution in [3.63, 3.8) is 0 Å². The van der Waals surface area contributed by atoms with Gasteiger partial charge in [0.05, 0.1) is 0 Å². The smallest absolute Gasteiger partial charge is 0.291 e. The second kappa shape index (κ2) is 9.68. The van der Waals surface area contributed by atoms with Crippen LogP contribution in [-0.4, -0.2) is 28.2 Å². The molecule has 1 aromatic carbocycles. The number of amides is 1. The zero-order valence-corrected chi connectivity index (χ0v) is 15.1. The highest BCUT2D eigenvalue weighted by atomic mass is 32.2. The van der Waals surface area contributed by atoms with Crippen LogP contribution in [0.1, 0.15) is 17.7 Å². The number of nitrogens with zero attached hydrogens (tertiary/aromatic N) is 2. The van der Waals surface area contributed by atoms with E-state index in [1.54, 1.807) is 24.3 Å². The fourth-order valence-corrected chi connectivity index (χ4v) is 2.74. The van der Waals surface area contributed by atoms with Crippen molar-refractivity contribution < 1.29 is 18.3 Å². The van der Waals surface area contributed by atoms with E-state index in [9.17, 15) is 18.4 Å². The molecule has 0 aliphatic heterocycles. The van der Waals surface area contributed by atoms with E-state index in [4.69, 9.17) is 10.00 Å². The lowest BCUT2D eigenvalue weighted by Crippen LogP contribution is -2.20. The van der Waals surface area contributed by atoms with Crippen LogP contribution in [-0.2, 0) is 11.2 Å². The molecule has 0 atom stereocenters. The van der Waals surface area contributed by atoms with Crippen molar-refractivity contribution in [3.8, 4) is 11.8 Å². The molecule has 1 heterocycles. The monoisotopic (exact) mass is 394 g/mol. The molecular formula is C17H16F2N4O3S. The number of halogens is 2. The van der Waals surface area contributed by atoms with Crippen LogP contribution in [0, 0.1) is 18.3 Å². The van der Waals surface area contributed by atoms with Gasteiger partial charge in [0, 0.05) is 23.4 Å². The second-order valence-electron chi connectivity index (χ2n) is 5.33. The molecule has 0 saturated carbocycles. The molecule has 142 valence electrons. The number of aryl methyl sites for hydroxylation is 1. The molecular weight excluding hydrogens is 378 g/mol. The van der Waals surface area contributed by atoms with Gasteiger partial charge in [-0.05, 0) is 49.4 Å². The molecule has 0 bridgehead atoms. The summed E-state index contributed by atoms with van der Waals surface area (Å²) < 4.78 is 29.8. The molecule has 27 heavy (non-hydrogen) atoms. The first-order valence-electron chi connectivity index (χ1n) is 7.83. The van der Waals surface area contributed by atoms with E-state index in [2.05, 4.69) is 15.3 Å². The van der Waals surface area contributed by atoms with E-state index >= 15 is 0 Å². The predicted octanol–water partition coefficient (Wildman–Crippen LogP) is 2.87. The van der Waals surface area contributed by atoms with Crippen LogP contribution in [0.4, 0.5) is 14.5 Å². The number of carbonyl (C=O) groups is 1. The summed E-state index contributed by atoms with van der Waals surface area (Å²) in [5.74, 6) is -2.49. The first-order chi connectivity index (χ1) is 12.9. The van der Waals surface area contributed by atoms with Crippen molar-refractivity contribution in [3.05, 3.63) is 45.9 Å². The Balaban J connectivity index is 1.93. The number of anilines is 1. The Bertz CT molecular complexity index is 895. The van der Waals surface area contributed by atoms with Crippen molar-refractivity contribution in [2.75, 3.05) is 11.9 Å². The fraction of sp³-hybridized carbons (Fsp3) is 0.294. The van der Waals surface area contributed by atoms with Crippen LogP contribution in [0.2, 0.25) is 0 Å². The summed E-state index contributed by atoms with van der Waals surface area (Å²) in [4.78, 5) is 30.3. The third kappa shape index (κ3) is 6.38. The number of aromatic nitrogens is 2. The minimum atomic E-state index is -2.68. The lowest BCUT2D eigenvalue weighted by molar-refractivity contribution is -0.116. The van der Waals surface area contributed by atoms with Gasteiger partial charge in [0.2, 0.25) is 5.91 Å². The number of nitrogens with one attached hydrogen (secondary N) is 2. The third-order valence-electron chi connectivity index (χ3n) is 3.44. The normalized spacial score (nSPS) is 10.5. The van der Waals surface area contributed by atoms with E-state index in [1.807, 2.05) is 6.07 Å². The number of hydrogen-bond donors (Lipinski definition) is 2. The number of aromatic amines is 1. The number of thioether (sulfide) groups is 1. The maximum Gasteiger partial charge on any atom is 0.291 e. The van der Waals surface area contributed by atoms with Gasteiger partial charge in [-0.3, -0.25) is 9.59 Å². The van der Waals surface area contributed by atoms with Gasteiger partial charge in [-0.2, -0.15) is 14.0 Å². The van der Waals surface area contributed by atoms with Gasteiger partial charge in [-0.1, -0.05) is 0 Å². The molecule has 0 spiro atoms. The van der Waals surface area contributed by atoms with Gasteiger partial charge in [0.25, 0.3) is 11.3 Å². The molecule has 2 N–H and O–H groups in total. The van der Waals surface area contributed by atoms with Crippen LogP contribution in [0.25, 0.3) is 0 Å². The number of H-pyrrole nitrogens is 1. The molecule has 1 amide bonds. The minimum absolute atomic E-state index is 0.0274. The molecule has 0 saturated heterocycles. The van der Waals surface area contributed by atoms with Crippen LogP contribution in [0.15, 0.2) is 34.2 Å². The van der Waals surface area contributed by atoms with Gasteiger partial charge in [-0.25, -0.2) is 4.98 Å². The predicted molar refractivity (Wildman–Crippen MR) is 96.0 cm³/mol. The number of rotatable bonds is 8. The Morgan fingerprint density at radius 1 is 1.41 bits per heavy atom. The van der Waals surface area contributed by atoms with E-state index in [-0.39, 0.29) is 47.8 Å². The number of benzene rings is 1. The lowest BCUT2D eigenvalue weighted by Gasteiger charge is -2.08. The average molecular weight is 394 g/mol. The SMILES string of the molecule is Cc1nc(SC(F)F)[nH]c(=O)c1CCC(=O)Nc1ccc(OCC#N)cc1. The van der Waals surface area contributed by atoms with Crippen molar-refractivity contribution in [2.24, 2.45) is 0 Å². The van der Waals surface area contributed by atoms with Gasteiger partial charge >= 0.3 is 0 Å². The summed E-state index contributed by atoms with van der Waals surface area (Å²) >= 11 is 0.160. The zero-order chi connectivity index (χ0) is 19.8. The van der Waals surface area contributed by atoms with Gasteiger partial charge in [0.1, 0.15) is 11.8 Å². The summed E-state index contributed by atoms with van der Waals surface area (Å²) in [6, 6.07) is 8.34. The maximum absolute atomic E-state index is 12.4. The minimum Gasteiger partial charge on any atom is -0.479 e. The van der Waals surface area contributed by atoms with Crippen molar-refractivity contribution in [1.82, 2.24) is 9.97 Å². The van der Waals surface area contributed by atoms with Crippen LogP contribution >= 0.6 is 11.8 Å². The standard InChI is InChI=1S/C17H16F2N4O3S/c1-10-13(15(25)23-17(21-10)27-16(18)19)6-7-14(24)22-11-2-4-12(5-3-11)26-9-8-20/h2-5,16H,6-7,9H2,1H3,(H,22,24)(H,21,23,25). The summed E-state index contributed by atoms with van der Waals surface area (Å²) in [5.41, 5.74) is 0.604. The molecule has 10 heteroatoms. The molecule has 0 unspecified atom stereocenters. The molecule has 1 aromatic heterocycles. The van der Waals surface area contributed by atoms with E-state index < -0.39 is 11.3 Å².